The van der Waals surface area contributed by atoms with Crippen LogP contribution in [0.4, 0.5) is 5.82 Å². The first-order chi connectivity index (χ1) is 11.1. The van der Waals surface area contributed by atoms with Crippen LogP contribution in [-0.4, -0.2) is 63.7 Å². The van der Waals surface area contributed by atoms with E-state index in [2.05, 4.69) is 33.8 Å². The summed E-state index contributed by atoms with van der Waals surface area (Å²) in [6.07, 6.45) is 3.47. The second-order valence-corrected chi connectivity index (χ2v) is 6.65. The summed E-state index contributed by atoms with van der Waals surface area (Å²) in [7, 11) is 2.07. The van der Waals surface area contributed by atoms with Gasteiger partial charge in [-0.05, 0) is 30.7 Å². The van der Waals surface area contributed by atoms with Gasteiger partial charge in [-0.3, -0.25) is 4.79 Å². The predicted octanol–water partition coefficient (Wildman–Crippen LogP) is 0.479. The molecule has 1 saturated carbocycles. The van der Waals surface area contributed by atoms with Crippen molar-refractivity contribution in [3.8, 4) is 0 Å². The number of likely N-dealkylation sites (tertiary alicyclic amines) is 1. The van der Waals surface area contributed by atoms with E-state index < -0.39 is 0 Å². The molecule has 1 amide bonds. The SMILES string of the molecule is CC(C1[C@H]2CN(C(=O)CO)C[C@@H]12)N(C)c1ncnc2[nH]ccc12. The molecule has 2 aliphatic rings. The number of carbonyl (C=O) groups is 1. The van der Waals surface area contributed by atoms with Crippen molar-refractivity contribution in [3.63, 3.8) is 0 Å². The van der Waals surface area contributed by atoms with Crippen LogP contribution in [0.3, 0.4) is 0 Å². The zero-order valence-corrected chi connectivity index (χ0v) is 13.3. The van der Waals surface area contributed by atoms with E-state index >= 15 is 0 Å². The smallest absolute Gasteiger partial charge is 0.248 e. The number of anilines is 1. The van der Waals surface area contributed by atoms with Crippen LogP contribution in [0.15, 0.2) is 18.6 Å². The highest BCUT2D eigenvalue weighted by atomic mass is 16.3. The average molecular weight is 315 g/mol. The summed E-state index contributed by atoms with van der Waals surface area (Å²) in [4.78, 5) is 27.4. The van der Waals surface area contributed by atoms with Gasteiger partial charge in [0.15, 0.2) is 0 Å². The fourth-order valence-corrected chi connectivity index (χ4v) is 4.18. The number of nitrogens with one attached hydrogen (secondary N) is 1. The number of nitrogens with zero attached hydrogens (tertiary/aromatic N) is 4. The number of aromatic nitrogens is 3. The number of H-pyrrole nitrogens is 1. The Balaban J connectivity index is 1.48. The topological polar surface area (TPSA) is 85.3 Å². The molecule has 1 aliphatic heterocycles. The van der Waals surface area contributed by atoms with Crippen molar-refractivity contribution in [2.24, 2.45) is 17.8 Å². The minimum Gasteiger partial charge on any atom is -0.387 e. The van der Waals surface area contributed by atoms with Gasteiger partial charge in [-0.15, -0.1) is 0 Å². The number of fused-ring (bicyclic) bond motifs is 2. The van der Waals surface area contributed by atoms with Gasteiger partial charge in [0, 0.05) is 32.4 Å². The van der Waals surface area contributed by atoms with Gasteiger partial charge in [0.05, 0.1) is 5.39 Å². The largest absolute Gasteiger partial charge is 0.387 e. The summed E-state index contributed by atoms with van der Waals surface area (Å²) in [6, 6.07) is 2.35. The Morgan fingerprint density at radius 1 is 1.48 bits per heavy atom. The maximum atomic E-state index is 11.6. The van der Waals surface area contributed by atoms with E-state index in [1.165, 1.54) is 0 Å². The third kappa shape index (κ3) is 2.18. The molecule has 2 unspecified atom stereocenters. The summed E-state index contributed by atoms with van der Waals surface area (Å²) in [5.74, 6) is 2.46. The minimum atomic E-state index is -0.383. The van der Waals surface area contributed by atoms with Gasteiger partial charge >= 0.3 is 0 Å². The number of rotatable bonds is 4. The van der Waals surface area contributed by atoms with Gasteiger partial charge in [0.25, 0.3) is 0 Å². The Labute approximate surface area is 134 Å². The molecule has 122 valence electrons. The van der Waals surface area contributed by atoms with Crippen molar-refractivity contribution in [3.05, 3.63) is 18.6 Å². The van der Waals surface area contributed by atoms with Gasteiger partial charge in [-0.1, -0.05) is 0 Å². The van der Waals surface area contributed by atoms with Crippen LogP contribution in [0.5, 0.6) is 0 Å². The summed E-state index contributed by atoms with van der Waals surface area (Å²) in [5.41, 5.74) is 0.852. The zero-order valence-electron chi connectivity index (χ0n) is 13.3. The first kappa shape index (κ1) is 14.4. The van der Waals surface area contributed by atoms with Crippen LogP contribution < -0.4 is 4.90 Å². The molecule has 4 atom stereocenters. The number of amides is 1. The van der Waals surface area contributed by atoms with E-state index in [0.717, 1.165) is 29.9 Å². The minimum absolute atomic E-state index is 0.151. The zero-order chi connectivity index (χ0) is 16.1. The van der Waals surface area contributed by atoms with Gasteiger partial charge in [0.1, 0.15) is 24.4 Å². The van der Waals surface area contributed by atoms with Crippen molar-refractivity contribution in [2.45, 2.75) is 13.0 Å². The number of hydrogen-bond donors (Lipinski definition) is 2. The first-order valence-corrected chi connectivity index (χ1v) is 8.01. The van der Waals surface area contributed by atoms with Crippen LogP contribution in [0, 0.1) is 17.8 Å². The van der Waals surface area contributed by atoms with Crippen LogP contribution in [0.2, 0.25) is 0 Å². The highest BCUT2D eigenvalue weighted by molar-refractivity contribution is 5.87. The van der Waals surface area contributed by atoms with Crippen LogP contribution in [-0.2, 0) is 4.79 Å². The van der Waals surface area contributed by atoms with Crippen molar-refractivity contribution < 1.29 is 9.90 Å². The van der Waals surface area contributed by atoms with E-state index in [1.54, 1.807) is 11.2 Å². The average Bonchev–Trinajstić information content (AvgIpc) is 2.97. The molecule has 0 bridgehead atoms. The van der Waals surface area contributed by atoms with Gasteiger partial charge in [-0.25, -0.2) is 9.97 Å². The van der Waals surface area contributed by atoms with E-state index in [9.17, 15) is 4.79 Å². The summed E-state index contributed by atoms with van der Waals surface area (Å²) < 4.78 is 0. The van der Waals surface area contributed by atoms with E-state index in [0.29, 0.717) is 23.8 Å². The number of piperidine rings is 1. The molecule has 0 radical (unpaired) electrons. The highest BCUT2D eigenvalue weighted by Gasteiger charge is 2.59. The number of hydrogen-bond acceptors (Lipinski definition) is 5. The van der Waals surface area contributed by atoms with Crippen LogP contribution in [0.1, 0.15) is 6.92 Å². The number of aliphatic hydroxyl groups excluding tert-OH is 1. The molecule has 23 heavy (non-hydrogen) atoms. The lowest BCUT2D eigenvalue weighted by Crippen LogP contribution is -2.38. The van der Waals surface area contributed by atoms with Gasteiger partial charge < -0.3 is 19.9 Å². The molecule has 7 heteroatoms. The van der Waals surface area contributed by atoms with E-state index in [-0.39, 0.29) is 12.5 Å². The highest BCUT2D eigenvalue weighted by Crippen LogP contribution is 2.54. The number of aliphatic hydroxyl groups is 1. The Morgan fingerprint density at radius 3 is 2.91 bits per heavy atom. The molecule has 2 aromatic heterocycles. The van der Waals surface area contributed by atoms with Crippen molar-refractivity contribution in [1.82, 2.24) is 19.9 Å². The lowest BCUT2D eigenvalue weighted by Gasteiger charge is -2.29. The molecule has 0 spiro atoms. The first-order valence-electron chi connectivity index (χ1n) is 8.01. The van der Waals surface area contributed by atoms with Crippen molar-refractivity contribution >= 4 is 22.8 Å². The standard InChI is InChI=1S/C16H21N5O2/c1-9(14-11-5-21(6-12(11)14)13(23)7-22)20(2)16-10-3-4-17-15(10)18-8-19-16/h3-4,8-9,11-12,14,22H,5-7H2,1-2H3,(H,17,18,19)/t9?,11-,12+,14?. The molecule has 2 fully saturated rings. The molecule has 7 nitrogen and oxygen atoms in total. The summed E-state index contributed by atoms with van der Waals surface area (Å²) >= 11 is 0. The molecule has 2 aromatic rings. The predicted molar refractivity (Wildman–Crippen MR) is 85.9 cm³/mol. The molecule has 1 aliphatic carbocycles. The molecule has 2 N–H and O–H groups in total. The van der Waals surface area contributed by atoms with E-state index in [4.69, 9.17) is 5.11 Å². The number of carbonyl (C=O) groups excluding carboxylic acids is 1. The molecular formula is C16H21N5O2. The summed E-state index contributed by atoms with van der Waals surface area (Å²) in [5, 5.41) is 10.0. The molecule has 1 saturated heterocycles. The fraction of sp³-hybridized carbons (Fsp3) is 0.562. The molecule has 3 heterocycles. The Hall–Kier alpha value is -2.15. The maximum Gasteiger partial charge on any atom is 0.248 e. The Morgan fingerprint density at radius 2 is 2.22 bits per heavy atom. The number of aromatic amines is 1. The van der Waals surface area contributed by atoms with Crippen LogP contribution >= 0.6 is 0 Å². The quantitative estimate of drug-likeness (QED) is 0.857. The van der Waals surface area contributed by atoms with Crippen molar-refractivity contribution in [2.75, 3.05) is 31.6 Å². The van der Waals surface area contributed by atoms with Crippen LogP contribution in [0.25, 0.3) is 11.0 Å². The fourth-order valence-electron chi connectivity index (χ4n) is 4.18. The molecule has 0 aromatic carbocycles. The Kier molecular flexibility index (Phi) is 3.26. The summed E-state index contributed by atoms with van der Waals surface area (Å²) in [6.45, 7) is 3.39. The third-order valence-corrected chi connectivity index (χ3v) is 5.58. The van der Waals surface area contributed by atoms with Gasteiger partial charge in [-0.2, -0.15) is 0 Å². The second-order valence-electron chi connectivity index (χ2n) is 6.65. The monoisotopic (exact) mass is 315 g/mol. The van der Waals surface area contributed by atoms with E-state index in [1.807, 2.05) is 12.3 Å². The van der Waals surface area contributed by atoms with Gasteiger partial charge in [0.2, 0.25) is 5.91 Å². The van der Waals surface area contributed by atoms with Crippen molar-refractivity contribution in [1.29, 1.82) is 0 Å². The lowest BCUT2D eigenvalue weighted by atomic mass is 10.1. The molecular weight excluding hydrogens is 294 g/mol. The normalized spacial score (nSPS) is 27.1. The third-order valence-electron chi connectivity index (χ3n) is 5.58. The second kappa shape index (κ2) is 5.19. The lowest BCUT2D eigenvalue weighted by molar-refractivity contribution is -0.133. The molecule has 4 rings (SSSR count). The Bertz CT molecular complexity index is 733. The maximum absolute atomic E-state index is 11.6.